The maximum Gasteiger partial charge on any atom is 0.253 e. The molecule has 2 fully saturated rings. The zero-order valence-corrected chi connectivity index (χ0v) is 14.0. The number of aromatic nitrogens is 1. The van der Waals surface area contributed by atoms with Gasteiger partial charge in [0.05, 0.1) is 5.56 Å². The lowest BCUT2D eigenvalue weighted by Crippen LogP contribution is -2.51. The van der Waals surface area contributed by atoms with Crippen LogP contribution in [0.25, 0.3) is 0 Å². The van der Waals surface area contributed by atoms with Crippen LogP contribution in [0.2, 0.25) is 0 Å². The van der Waals surface area contributed by atoms with E-state index in [4.69, 9.17) is 0 Å². The van der Waals surface area contributed by atoms with Crippen molar-refractivity contribution in [1.29, 1.82) is 0 Å². The van der Waals surface area contributed by atoms with E-state index in [0.29, 0.717) is 6.04 Å². The quantitative estimate of drug-likeness (QED) is 0.932. The topological polar surface area (TPSA) is 37.3 Å². The van der Waals surface area contributed by atoms with E-state index in [-0.39, 0.29) is 5.91 Å². The Hall–Kier alpha value is -1.29. The minimum absolute atomic E-state index is 0.0913. The number of carbonyl (C=O) groups excluding carboxylic acids is 1. The van der Waals surface area contributed by atoms with Crippen LogP contribution in [-0.4, -0.2) is 40.5 Å². The third-order valence-corrected chi connectivity index (χ3v) is 5.51. The molecule has 2 heterocycles. The molecule has 0 aromatic carbocycles. The van der Waals surface area contributed by atoms with Gasteiger partial charge in [-0.15, -0.1) is 0 Å². The van der Waals surface area contributed by atoms with Gasteiger partial charge in [0.1, 0.15) is 0 Å². The predicted molar refractivity (Wildman–Crippen MR) is 89.1 cm³/mol. The van der Waals surface area contributed by atoms with Crippen LogP contribution >= 0.6 is 0 Å². The highest BCUT2D eigenvalue weighted by Crippen LogP contribution is 2.25. The molecule has 1 saturated heterocycles. The summed E-state index contributed by atoms with van der Waals surface area (Å²) in [5.41, 5.74) is 1.86. The SMILES string of the molecule is Cc1c(C(=O)N[C@@H]2CCCN(C3CCCCC3)C2)ccn1C. The maximum absolute atomic E-state index is 12.5. The summed E-state index contributed by atoms with van der Waals surface area (Å²) in [5, 5.41) is 3.26. The van der Waals surface area contributed by atoms with Crippen LogP contribution in [0.15, 0.2) is 12.3 Å². The molecule has 1 N–H and O–H groups in total. The van der Waals surface area contributed by atoms with Crippen LogP contribution in [0.5, 0.6) is 0 Å². The van der Waals surface area contributed by atoms with E-state index in [0.717, 1.165) is 30.3 Å². The van der Waals surface area contributed by atoms with Crippen molar-refractivity contribution in [3.8, 4) is 0 Å². The zero-order chi connectivity index (χ0) is 15.5. The van der Waals surface area contributed by atoms with Crippen LogP contribution in [0.4, 0.5) is 0 Å². The van der Waals surface area contributed by atoms with Gasteiger partial charge in [-0.2, -0.15) is 0 Å². The summed E-state index contributed by atoms with van der Waals surface area (Å²) in [7, 11) is 1.98. The van der Waals surface area contributed by atoms with Gasteiger partial charge in [0.2, 0.25) is 0 Å². The third-order valence-electron chi connectivity index (χ3n) is 5.51. The summed E-state index contributed by atoms with van der Waals surface area (Å²) in [6.45, 7) is 4.24. The van der Waals surface area contributed by atoms with Gasteiger partial charge < -0.3 is 9.88 Å². The molecular formula is C18H29N3O. The fourth-order valence-electron chi connectivity index (χ4n) is 4.01. The molecule has 1 atom stereocenters. The molecule has 4 nitrogen and oxygen atoms in total. The van der Waals surface area contributed by atoms with Crippen molar-refractivity contribution in [1.82, 2.24) is 14.8 Å². The number of amides is 1. The number of rotatable bonds is 3. The number of nitrogens with one attached hydrogen (secondary N) is 1. The van der Waals surface area contributed by atoms with E-state index in [1.54, 1.807) is 0 Å². The average Bonchev–Trinajstić information content (AvgIpc) is 2.88. The van der Waals surface area contributed by atoms with Crippen molar-refractivity contribution in [3.63, 3.8) is 0 Å². The monoisotopic (exact) mass is 303 g/mol. The van der Waals surface area contributed by atoms with Crippen LogP contribution in [0.1, 0.15) is 61.0 Å². The van der Waals surface area contributed by atoms with Crippen molar-refractivity contribution in [2.24, 2.45) is 7.05 Å². The fraction of sp³-hybridized carbons (Fsp3) is 0.722. The van der Waals surface area contributed by atoms with Crippen LogP contribution in [0, 0.1) is 6.92 Å². The van der Waals surface area contributed by atoms with Gasteiger partial charge in [0, 0.05) is 37.6 Å². The van der Waals surface area contributed by atoms with E-state index in [1.165, 1.54) is 45.1 Å². The highest BCUT2D eigenvalue weighted by atomic mass is 16.1. The Balaban J connectivity index is 1.58. The normalized spacial score (nSPS) is 24.4. The minimum Gasteiger partial charge on any atom is -0.354 e. The molecule has 0 bridgehead atoms. The first-order chi connectivity index (χ1) is 10.6. The Morgan fingerprint density at radius 1 is 1.18 bits per heavy atom. The van der Waals surface area contributed by atoms with Crippen molar-refractivity contribution in [2.75, 3.05) is 13.1 Å². The van der Waals surface area contributed by atoms with Crippen molar-refractivity contribution in [2.45, 2.75) is 64.0 Å². The molecule has 22 heavy (non-hydrogen) atoms. The molecule has 3 rings (SSSR count). The second-order valence-corrected chi connectivity index (χ2v) is 7.03. The first kappa shape index (κ1) is 15.6. The highest BCUT2D eigenvalue weighted by Gasteiger charge is 2.28. The van der Waals surface area contributed by atoms with Crippen molar-refractivity contribution >= 4 is 5.91 Å². The molecule has 0 radical (unpaired) electrons. The van der Waals surface area contributed by atoms with Crippen LogP contribution < -0.4 is 5.32 Å². The molecule has 1 aliphatic heterocycles. The number of piperidine rings is 1. The van der Waals surface area contributed by atoms with Crippen LogP contribution in [-0.2, 0) is 7.05 Å². The summed E-state index contributed by atoms with van der Waals surface area (Å²) >= 11 is 0. The first-order valence-corrected chi connectivity index (χ1v) is 8.82. The molecule has 1 amide bonds. The van der Waals surface area contributed by atoms with Crippen molar-refractivity contribution < 1.29 is 4.79 Å². The number of hydrogen-bond donors (Lipinski definition) is 1. The molecule has 4 heteroatoms. The Kier molecular flexibility index (Phi) is 4.87. The summed E-state index contributed by atoms with van der Waals surface area (Å²) in [4.78, 5) is 15.1. The molecule has 1 aromatic heterocycles. The molecule has 1 aromatic rings. The maximum atomic E-state index is 12.5. The number of carbonyl (C=O) groups is 1. The van der Waals surface area contributed by atoms with Gasteiger partial charge in [-0.3, -0.25) is 9.69 Å². The predicted octanol–water partition coefficient (Wildman–Crippen LogP) is 2.86. The first-order valence-electron chi connectivity index (χ1n) is 8.82. The zero-order valence-electron chi connectivity index (χ0n) is 14.0. The van der Waals surface area contributed by atoms with E-state index >= 15 is 0 Å². The molecule has 2 aliphatic rings. The van der Waals surface area contributed by atoms with Gasteiger partial charge >= 0.3 is 0 Å². The molecular weight excluding hydrogens is 274 g/mol. The standard InChI is InChI=1S/C18H29N3O/c1-14-17(10-12-20(14)2)18(22)19-15-7-6-11-21(13-15)16-8-4-3-5-9-16/h10,12,15-16H,3-9,11,13H2,1-2H3,(H,19,22)/t15-/m1/s1. The lowest BCUT2D eigenvalue weighted by atomic mass is 9.92. The Labute approximate surface area is 133 Å². The average molecular weight is 303 g/mol. The van der Waals surface area contributed by atoms with E-state index in [9.17, 15) is 4.79 Å². The summed E-state index contributed by atoms with van der Waals surface area (Å²) in [6.07, 6.45) is 11.1. The smallest absolute Gasteiger partial charge is 0.253 e. The summed E-state index contributed by atoms with van der Waals surface area (Å²) < 4.78 is 2.00. The Bertz CT molecular complexity index is 516. The molecule has 0 spiro atoms. The molecule has 0 unspecified atom stereocenters. The number of nitrogens with zero attached hydrogens (tertiary/aromatic N) is 2. The summed E-state index contributed by atoms with van der Waals surface area (Å²) in [5.74, 6) is 0.0913. The lowest BCUT2D eigenvalue weighted by Gasteiger charge is -2.40. The van der Waals surface area contributed by atoms with Gasteiger partial charge in [-0.25, -0.2) is 0 Å². The highest BCUT2D eigenvalue weighted by molar-refractivity contribution is 5.95. The van der Waals surface area contributed by atoms with E-state index in [2.05, 4.69) is 10.2 Å². The third kappa shape index (κ3) is 3.37. The van der Waals surface area contributed by atoms with Gasteiger partial charge in [0.15, 0.2) is 0 Å². The second kappa shape index (κ2) is 6.86. The lowest BCUT2D eigenvalue weighted by molar-refractivity contribution is 0.0835. The van der Waals surface area contributed by atoms with Crippen molar-refractivity contribution in [3.05, 3.63) is 23.5 Å². The molecule has 1 saturated carbocycles. The van der Waals surface area contributed by atoms with Crippen LogP contribution in [0.3, 0.4) is 0 Å². The molecule has 1 aliphatic carbocycles. The van der Waals surface area contributed by atoms with Gasteiger partial charge in [-0.05, 0) is 45.2 Å². The molecule has 122 valence electrons. The Morgan fingerprint density at radius 2 is 1.95 bits per heavy atom. The number of aryl methyl sites for hydroxylation is 1. The van der Waals surface area contributed by atoms with Gasteiger partial charge in [0.25, 0.3) is 5.91 Å². The Morgan fingerprint density at radius 3 is 2.64 bits per heavy atom. The minimum atomic E-state index is 0.0913. The summed E-state index contributed by atoms with van der Waals surface area (Å²) in [6, 6.07) is 2.99. The van der Waals surface area contributed by atoms with E-state index < -0.39 is 0 Å². The second-order valence-electron chi connectivity index (χ2n) is 7.03. The number of hydrogen-bond acceptors (Lipinski definition) is 2. The fourth-order valence-corrected chi connectivity index (χ4v) is 4.01. The van der Waals surface area contributed by atoms with E-state index in [1.807, 2.05) is 30.8 Å². The largest absolute Gasteiger partial charge is 0.354 e. The number of likely N-dealkylation sites (tertiary alicyclic amines) is 1. The van der Waals surface area contributed by atoms with Gasteiger partial charge in [-0.1, -0.05) is 19.3 Å².